The first-order chi connectivity index (χ1) is 6.22. The molecule has 0 amide bonds. The minimum absolute atomic E-state index is 0.0688. The summed E-state index contributed by atoms with van der Waals surface area (Å²) in [4.78, 5) is 4.38. The van der Waals surface area contributed by atoms with Gasteiger partial charge in [0.15, 0.2) is 5.96 Å². The lowest BCUT2D eigenvalue weighted by atomic mass is 10.0. The van der Waals surface area contributed by atoms with Crippen LogP contribution in [-0.2, 0) is 0 Å². The molecule has 1 aliphatic carbocycles. The molecule has 0 bridgehead atoms. The zero-order valence-electron chi connectivity index (χ0n) is 7.51. The molecule has 1 fully saturated rings. The third kappa shape index (κ3) is 1.08. The maximum absolute atomic E-state index is 5.66. The number of hydrogen-bond donors (Lipinski definition) is 2. The van der Waals surface area contributed by atoms with Crippen molar-refractivity contribution >= 4 is 5.96 Å². The van der Waals surface area contributed by atoms with E-state index in [9.17, 15) is 0 Å². The van der Waals surface area contributed by atoms with E-state index < -0.39 is 0 Å². The number of hydrogen-bond acceptors (Lipinski definition) is 3. The molecule has 0 atom stereocenters. The van der Waals surface area contributed by atoms with Gasteiger partial charge in [0, 0.05) is 11.3 Å². The Morgan fingerprint density at radius 1 is 1.38 bits per heavy atom. The van der Waals surface area contributed by atoms with Gasteiger partial charge in [-0.2, -0.15) is 0 Å². The molecule has 0 saturated heterocycles. The van der Waals surface area contributed by atoms with Crippen molar-refractivity contribution in [3.8, 4) is 0 Å². The Hall–Kier alpha value is -1.51. The molecular formula is C10H13N3. The van der Waals surface area contributed by atoms with Crippen LogP contribution in [0.5, 0.6) is 0 Å². The summed E-state index contributed by atoms with van der Waals surface area (Å²) in [7, 11) is 0. The Kier molecular flexibility index (Phi) is 1.55. The summed E-state index contributed by atoms with van der Waals surface area (Å²) in [5, 5.41) is 2.98. The van der Waals surface area contributed by atoms with Crippen molar-refractivity contribution in [2.24, 2.45) is 10.7 Å². The van der Waals surface area contributed by atoms with E-state index in [0.29, 0.717) is 5.96 Å². The predicted octanol–water partition coefficient (Wildman–Crippen LogP) is 1.06. The van der Waals surface area contributed by atoms with Gasteiger partial charge in [0.25, 0.3) is 0 Å². The molecule has 0 aromatic heterocycles. The van der Waals surface area contributed by atoms with Crippen LogP contribution in [0, 0.1) is 0 Å². The topological polar surface area (TPSA) is 50.4 Å². The van der Waals surface area contributed by atoms with Gasteiger partial charge in [-0.15, -0.1) is 0 Å². The van der Waals surface area contributed by atoms with Crippen molar-refractivity contribution in [2.75, 3.05) is 0 Å². The SMILES string of the molecule is C=CC1=C(C=C)C2(CC2)N=C(N)N1. The van der Waals surface area contributed by atoms with Crippen LogP contribution in [0.4, 0.5) is 0 Å². The third-order valence-corrected chi connectivity index (χ3v) is 2.52. The third-order valence-electron chi connectivity index (χ3n) is 2.52. The summed E-state index contributed by atoms with van der Waals surface area (Å²) in [6.07, 6.45) is 5.73. The molecule has 0 aromatic carbocycles. The Bertz CT molecular complexity index is 332. The molecule has 0 unspecified atom stereocenters. The second kappa shape index (κ2) is 2.49. The number of nitrogens with two attached hydrogens (primary N) is 1. The molecule has 1 aliphatic heterocycles. The number of guanidine groups is 1. The maximum Gasteiger partial charge on any atom is 0.194 e. The largest absolute Gasteiger partial charge is 0.370 e. The van der Waals surface area contributed by atoms with Crippen molar-refractivity contribution in [2.45, 2.75) is 18.4 Å². The monoisotopic (exact) mass is 175 g/mol. The Morgan fingerprint density at radius 2 is 2.08 bits per heavy atom. The van der Waals surface area contributed by atoms with Crippen molar-refractivity contribution < 1.29 is 0 Å². The smallest absolute Gasteiger partial charge is 0.194 e. The summed E-state index contributed by atoms with van der Waals surface area (Å²) in [5.74, 6) is 0.484. The minimum atomic E-state index is -0.0688. The summed E-state index contributed by atoms with van der Waals surface area (Å²) in [6, 6.07) is 0. The van der Waals surface area contributed by atoms with Crippen molar-refractivity contribution in [1.29, 1.82) is 0 Å². The zero-order valence-corrected chi connectivity index (χ0v) is 7.51. The fourth-order valence-corrected chi connectivity index (χ4v) is 1.74. The Morgan fingerprint density at radius 3 is 2.54 bits per heavy atom. The van der Waals surface area contributed by atoms with Crippen LogP contribution >= 0.6 is 0 Å². The predicted molar refractivity (Wildman–Crippen MR) is 54.1 cm³/mol. The Labute approximate surface area is 77.7 Å². The number of rotatable bonds is 2. The van der Waals surface area contributed by atoms with E-state index >= 15 is 0 Å². The fourth-order valence-electron chi connectivity index (χ4n) is 1.74. The van der Waals surface area contributed by atoms with E-state index in [2.05, 4.69) is 23.5 Å². The average molecular weight is 175 g/mol. The summed E-state index contributed by atoms with van der Waals surface area (Å²) in [6.45, 7) is 7.52. The van der Waals surface area contributed by atoms with Crippen molar-refractivity contribution in [3.05, 3.63) is 36.6 Å². The van der Waals surface area contributed by atoms with Crippen LogP contribution in [0.1, 0.15) is 12.8 Å². The molecule has 13 heavy (non-hydrogen) atoms. The molecule has 0 aromatic rings. The van der Waals surface area contributed by atoms with Crippen molar-refractivity contribution in [1.82, 2.24) is 5.32 Å². The van der Waals surface area contributed by atoms with Crippen LogP contribution in [0.15, 0.2) is 41.6 Å². The summed E-state index contributed by atoms with van der Waals surface area (Å²) >= 11 is 0. The van der Waals surface area contributed by atoms with Gasteiger partial charge in [-0.1, -0.05) is 19.2 Å². The average Bonchev–Trinajstić information content (AvgIpc) is 2.84. The normalized spacial score (nSPS) is 23.5. The van der Waals surface area contributed by atoms with Gasteiger partial charge in [-0.05, 0) is 18.9 Å². The molecule has 1 heterocycles. The van der Waals surface area contributed by atoms with Crippen LogP contribution in [0.25, 0.3) is 0 Å². The van der Waals surface area contributed by atoms with Crippen molar-refractivity contribution in [3.63, 3.8) is 0 Å². The standard InChI is InChI=1S/C10H13N3/c1-3-7-8(4-2)12-9(11)13-10(7)5-6-10/h3-4H,1-2,5-6H2,(H3,11,12,13). The lowest BCUT2D eigenvalue weighted by Crippen LogP contribution is -2.38. The first-order valence-corrected chi connectivity index (χ1v) is 4.34. The van der Waals surface area contributed by atoms with E-state index in [1.54, 1.807) is 6.08 Å². The molecule has 1 spiro atoms. The van der Waals surface area contributed by atoms with Crippen LogP contribution in [-0.4, -0.2) is 11.5 Å². The number of nitrogens with one attached hydrogen (secondary N) is 1. The second-order valence-corrected chi connectivity index (χ2v) is 3.39. The first-order valence-electron chi connectivity index (χ1n) is 4.34. The molecule has 3 heteroatoms. The Balaban J connectivity index is 2.46. The molecule has 3 nitrogen and oxygen atoms in total. The van der Waals surface area contributed by atoms with Gasteiger partial charge in [0.2, 0.25) is 0 Å². The van der Waals surface area contributed by atoms with Gasteiger partial charge in [-0.3, -0.25) is 0 Å². The highest BCUT2D eigenvalue weighted by atomic mass is 15.2. The van der Waals surface area contributed by atoms with Gasteiger partial charge in [-0.25, -0.2) is 4.99 Å². The molecule has 0 radical (unpaired) electrons. The highest BCUT2D eigenvalue weighted by molar-refractivity contribution is 5.83. The van der Waals surface area contributed by atoms with E-state index in [1.165, 1.54) is 0 Å². The van der Waals surface area contributed by atoms with Gasteiger partial charge < -0.3 is 11.1 Å². The highest BCUT2D eigenvalue weighted by Crippen LogP contribution is 2.48. The van der Waals surface area contributed by atoms with Crippen LogP contribution < -0.4 is 11.1 Å². The number of aliphatic imine (C=N–C) groups is 1. The lowest BCUT2D eigenvalue weighted by Gasteiger charge is -2.23. The molecular weight excluding hydrogens is 162 g/mol. The number of nitrogens with zero attached hydrogens (tertiary/aromatic N) is 1. The maximum atomic E-state index is 5.66. The second-order valence-electron chi connectivity index (χ2n) is 3.39. The van der Waals surface area contributed by atoms with Gasteiger partial charge in [0.05, 0.1) is 5.54 Å². The fraction of sp³-hybridized carbons (Fsp3) is 0.300. The van der Waals surface area contributed by atoms with Crippen LogP contribution in [0.3, 0.4) is 0 Å². The molecule has 1 saturated carbocycles. The van der Waals surface area contributed by atoms with E-state index in [1.807, 2.05) is 6.08 Å². The van der Waals surface area contributed by atoms with Gasteiger partial charge >= 0.3 is 0 Å². The van der Waals surface area contributed by atoms with Crippen LogP contribution in [0.2, 0.25) is 0 Å². The van der Waals surface area contributed by atoms with E-state index in [0.717, 1.165) is 24.1 Å². The van der Waals surface area contributed by atoms with E-state index in [-0.39, 0.29) is 5.54 Å². The summed E-state index contributed by atoms with van der Waals surface area (Å²) in [5.41, 5.74) is 7.65. The van der Waals surface area contributed by atoms with Gasteiger partial charge in [0.1, 0.15) is 0 Å². The molecule has 2 rings (SSSR count). The zero-order chi connectivity index (χ0) is 9.47. The summed E-state index contributed by atoms with van der Waals surface area (Å²) < 4.78 is 0. The number of allylic oxidation sites excluding steroid dienone is 1. The lowest BCUT2D eigenvalue weighted by molar-refractivity contribution is 0.766. The molecule has 3 N–H and O–H groups in total. The van der Waals surface area contributed by atoms with E-state index in [4.69, 9.17) is 5.73 Å². The minimum Gasteiger partial charge on any atom is -0.370 e. The molecule has 2 aliphatic rings. The highest BCUT2D eigenvalue weighted by Gasteiger charge is 2.48. The molecule has 68 valence electrons. The quantitative estimate of drug-likeness (QED) is 0.659. The first kappa shape index (κ1) is 8.10.